The molecule has 1 aromatic rings. The lowest BCUT2D eigenvalue weighted by molar-refractivity contribution is 0.00752. The van der Waals surface area contributed by atoms with Crippen molar-refractivity contribution in [3.8, 4) is 0 Å². The number of morpholine rings is 1. The topological polar surface area (TPSA) is 79.6 Å². The third-order valence-corrected chi connectivity index (χ3v) is 4.29. The molecule has 1 atom stereocenters. The van der Waals surface area contributed by atoms with Gasteiger partial charge in [0, 0.05) is 39.3 Å². The van der Waals surface area contributed by atoms with Gasteiger partial charge < -0.3 is 15.4 Å². The number of rotatable bonds is 7. The Morgan fingerprint density at radius 2 is 2.08 bits per heavy atom. The molecule has 8 heteroatoms. The molecule has 8 nitrogen and oxygen atoms in total. The Balaban J connectivity index is 1.93. The monoisotopic (exact) mass is 337 g/mol. The van der Waals surface area contributed by atoms with E-state index in [0.717, 1.165) is 51.2 Å². The van der Waals surface area contributed by atoms with Crippen LogP contribution in [0.1, 0.15) is 26.6 Å². The molecule has 0 aliphatic carbocycles. The SMILES string of the molecule is CCNC(=NCc1ncnn1C)NCC(C(C)C)N1CCOCC1. The zero-order valence-corrected chi connectivity index (χ0v) is 15.3. The molecule has 1 aliphatic rings. The van der Waals surface area contributed by atoms with Crippen molar-refractivity contribution < 1.29 is 4.74 Å². The van der Waals surface area contributed by atoms with Gasteiger partial charge in [0.15, 0.2) is 5.96 Å². The molecule has 1 aliphatic heterocycles. The minimum absolute atomic E-state index is 0.465. The van der Waals surface area contributed by atoms with Crippen LogP contribution in [0.15, 0.2) is 11.3 Å². The van der Waals surface area contributed by atoms with Crippen LogP contribution < -0.4 is 10.6 Å². The normalized spacial score (nSPS) is 18.0. The molecule has 0 radical (unpaired) electrons. The first-order chi connectivity index (χ1) is 11.6. The van der Waals surface area contributed by atoms with Gasteiger partial charge in [-0.15, -0.1) is 0 Å². The molecule has 1 fully saturated rings. The third-order valence-electron chi connectivity index (χ3n) is 4.29. The number of guanidine groups is 1. The lowest BCUT2D eigenvalue weighted by Gasteiger charge is -2.37. The molecule has 136 valence electrons. The number of ether oxygens (including phenoxy) is 1. The van der Waals surface area contributed by atoms with E-state index in [1.54, 1.807) is 11.0 Å². The third kappa shape index (κ3) is 5.45. The van der Waals surface area contributed by atoms with Crippen LogP contribution in [-0.2, 0) is 18.3 Å². The van der Waals surface area contributed by atoms with Crippen LogP contribution in [0.25, 0.3) is 0 Å². The quantitative estimate of drug-likeness (QED) is 0.548. The number of hydrogen-bond donors (Lipinski definition) is 2. The molecule has 1 saturated heterocycles. The van der Waals surface area contributed by atoms with Gasteiger partial charge in [-0.1, -0.05) is 13.8 Å². The van der Waals surface area contributed by atoms with Gasteiger partial charge in [-0.3, -0.25) is 9.58 Å². The molecular formula is C16H31N7O. The van der Waals surface area contributed by atoms with Crippen molar-refractivity contribution in [2.24, 2.45) is 18.0 Å². The lowest BCUT2D eigenvalue weighted by atomic mass is 10.0. The average molecular weight is 337 g/mol. The van der Waals surface area contributed by atoms with E-state index in [4.69, 9.17) is 4.74 Å². The van der Waals surface area contributed by atoms with E-state index >= 15 is 0 Å². The number of aliphatic imine (C=N–C) groups is 1. The predicted molar refractivity (Wildman–Crippen MR) is 94.8 cm³/mol. The van der Waals surface area contributed by atoms with Crippen molar-refractivity contribution in [1.82, 2.24) is 30.3 Å². The molecule has 2 N–H and O–H groups in total. The van der Waals surface area contributed by atoms with E-state index in [1.165, 1.54) is 0 Å². The molecule has 0 saturated carbocycles. The van der Waals surface area contributed by atoms with Crippen LogP contribution in [0.3, 0.4) is 0 Å². The second-order valence-electron chi connectivity index (χ2n) is 6.34. The maximum atomic E-state index is 5.47. The summed E-state index contributed by atoms with van der Waals surface area (Å²) in [6.45, 7) is 12.5. The number of hydrogen-bond acceptors (Lipinski definition) is 5. The fourth-order valence-corrected chi connectivity index (χ4v) is 2.85. The van der Waals surface area contributed by atoms with Gasteiger partial charge in [0.1, 0.15) is 18.7 Å². The molecule has 24 heavy (non-hydrogen) atoms. The molecule has 0 aromatic carbocycles. The van der Waals surface area contributed by atoms with E-state index in [9.17, 15) is 0 Å². The fraction of sp³-hybridized carbons (Fsp3) is 0.812. The summed E-state index contributed by atoms with van der Waals surface area (Å²) in [6, 6.07) is 0.465. The summed E-state index contributed by atoms with van der Waals surface area (Å²) in [7, 11) is 1.88. The summed E-state index contributed by atoms with van der Waals surface area (Å²) < 4.78 is 7.22. The Morgan fingerprint density at radius 3 is 2.67 bits per heavy atom. The van der Waals surface area contributed by atoms with Crippen LogP contribution in [-0.4, -0.2) is 71.1 Å². The van der Waals surface area contributed by atoms with Crippen LogP contribution in [0.2, 0.25) is 0 Å². The fourth-order valence-electron chi connectivity index (χ4n) is 2.85. The van der Waals surface area contributed by atoms with Gasteiger partial charge in [0.05, 0.1) is 13.2 Å². The summed E-state index contributed by atoms with van der Waals surface area (Å²) >= 11 is 0. The Morgan fingerprint density at radius 1 is 1.33 bits per heavy atom. The van der Waals surface area contributed by atoms with Crippen LogP contribution in [0.5, 0.6) is 0 Å². The van der Waals surface area contributed by atoms with E-state index in [2.05, 4.69) is 51.4 Å². The summed E-state index contributed by atoms with van der Waals surface area (Å²) in [5.41, 5.74) is 0. The van der Waals surface area contributed by atoms with Gasteiger partial charge in [-0.25, -0.2) is 9.98 Å². The Kier molecular flexibility index (Phi) is 7.45. The first-order valence-electron chi connectivity index (χ1n) is 8.78. The van der Waals surface area contributed by atoms with Crippen LogP contribution in [0, 0.1) is 5.92 Å². The highest BCUT2D eigenvalue weighted by Gasteiger charge is 2.23. The Bertz CT molecular complexity index is 508. The molecular weight excluding hydrogens is 306 g/mol. The second kappa shape index (κ2) is 9.58. The summed E-state index contributed by atoms with van der Waals surface area (Å²) in [5.74, 6) is 2.23. The van der Waals surface area contributed by atoms with Gasteiger partial charge in [-0.2, -0.15) is 5.10 Å². The molecule has 2 rings (SSSR count). The van der Waals surface area contributed by atoms with Crippen LogP contribution >= 0.6 is 0 Å². The molecule has 2 heterocycles. The first-order valence-corrected chi connectivity index (χ1v) is 8.78. The maximum absolute atomic E-state index is 5.47. The van der Waals surface area contributed by atoms with E-state index in [1.807, 2.05) is 7.05 Å². The zero-order valence-electron chi connectivity index (χ0n) is 15.3. The summed E-state index contributed by atoms with van der Waals surface area (Å²) in [6.07, 6.45) is 1.55. The first kappa shape index (κ1) is 18.7. The number of aromatic nitrogens is 3. The number of nitrogens with zero attached hydrogens (tertiary/aromatic N) is 5. The van der Waals surface area contributed by atoms with Gasteiger partial charge in [0.25, 0.3) is 0 Å². The highest BCUT2D eigenvalue weighted by molar-refractivity contribution is 5.79. The van der Waals surface area contributed by atoms with Crippen molar-refractivity contribution in [3.63, 3.8) is 0 Å². The Hall–Kier alpha value is -1.67. The number of nitrogens with one attached hydrogen (secondary N) is 2. The van der Waals surface area contributed by atoms with Gasteiger partial charge in [-0.05, 0) is 12.8 Å². The molecule has 0 bridgehead atoms. The highest BCUT2D eigenvalue weighted by Crippen LogP contribution is 2.12. The van der Waals surface area contributed by atoms with Crippen molar-refractivity contribution in [2.45, 2.75) is 33.4 Å². The zero-order chi connectivity index (χ0) is 17.4. The van der Waals surface area contributed by atoms with Crippen molar-refractivity contribution in [2.75, 3.05) is 39.4 Å². The largest absolute Gasteiger partial charge is 0.379 e. The summed E-state index contributed by atoms with van der Waals surface area (Å²) in [5, 5.41) is 10.9. The van der Waals surface area contributed by atoms with Crippen molar-refractivity contribution >= 4 is 5.96 Å². The maximum Gasteiger partial charge on any atom is 0.191 e. The van der Waals surface area contributed by atoms with Crippen LogP contribution in [0.4, 0.5) is 0 Å². The number of aryl methyl sites for hydroxylation is 1. The molecule has 0 spiro atoms. The minimum atomic E-state index is 0.465. The lowest BCUT2D eigenvalue weighted by Crippen LogP contribution is -2.52. The van der Waals surface area contributed by atoms with E-state index in [-0.39, 0.29) is 0 Å². The van der Waals surface area contributed by atoms with E-state index in [0.29, 0.717) is 18.5 Å². The standard InChI is InChI=1S/C16H31N7O/c1-5-17-16(19-11-15-20-12-21-22(15)4)18-10-14(13(2)3)23-6-8-24-9-7-23/h12-14H,5-11H2,1-4H3,(H2,17,18,19). The smallest absolute Gasteiger partial charge is 0.191 e. The second-order valence-corrected chi connectivity index (χ2v) is 6.34. The molecule has 1 unspecified atom stereocenters. The average Bonchev–Trinajstić information content (AvgIpc) is 2.98. The van der Waals surface area contributed by atoms with Crippen molar-refractivity contribution in [3.05, 3.63) is 12.2 Å². The predicted octanol–water partition coefficient (Wildman–Crippen LogP) is 0.227. The van der Waals surface area contributed by atoms with Gasteiger partial charge in [0.2, 0.25) is 0 Å². The van der Waals surface area contributed by atoms with Gasteiger partial charge >= 0.3 is 0 Å². The molecule has 1 aromatic heterocycles. The Labute approximate surface area is 144 Å². The van der Waals surface area contributed by atoms with Crippen molar-refractivity contribution in [1.29, 1.82) is 0 Å². The van der Waals surface area contributed by atoms with E-state index < -0.39 is 0 Å². The highest BCUT2D eigenvalue weighted by atomic mass is 16.5. The summed E-state index contributed by atoms with van der Waals surface area (Å²) in [4.78, 5) is 11.3. The minimum Gasteiger partial charge on any atom is -0.379 e. The molecule has 0 amide bonds.